The van der Waals surface area contributed by atoms with Gasteiger partial charge in [0.2, 0.25) is 0 Å². The van der Waals surface area contributed by atoms with Gasteiger partial charge in [-0.3, -0.25) is 4.79 Å². The van der Waals surface area contributed by atoms with Crippen LogP contribution in [0.3, 0.4) is 0 Å². The van der Waals surface area contributed by atoms with E-state index in [1.165, 1.54) is 6.92 Å². The summed E-state index contributed by atoms with van der Waals surface area (Å²) in [5.74, 6) is 0.557. The largest absolute Gasteiger partial charge is 0.427 e. The van der Waals surface area contributed by atoms with E-state index in [1.54, 1.807) is 0 Å². The van der Waals surface area contributed by atoms with Crippen molar-refractivity contribution in [3.05, 3.63) is 40.0 Å². The van der Waals surface area contributed by atoms with Gasteiger partial charge in [0.15, 0.2) is 0 Å². The third kappa shape index (κ3) is 3.66. The first-order valence-electron chi connectivity index (χ1n) is 4.64. The summed E-state index contributed by atoms with van der Waals surface area (Å²) in [6.07, 6.45) is 1.86. The molecule has 0 aliphatic heterocycles. The zero-order valence-corrected chi connectivity index (χ0v) is 10.9. The van der Waals surface area contributed by atoms with Crippen LogP contribution in [0.15, 0.2) is 30.9 Å². The third-order valence-electron chi connectivity index (χ3n) is 2.03. The predicted molar refractivity (Wildman–Crippen MR) is 69.1 cm³/mol. The number of benzene rings is 1. The summed E-state index contributed by atoms with van der Waals surface area (Å²) in [4.78, 5) is 10.8. The lowest BCUT2D eigenvalue weighted by Gasteiger charge is -2.09. The van der Waals surface area contributed by atoms with Crippen LogP contribution < -0.4 is 4.74 Å². The number of ether oxygens (including phenoxy) is 1. The minimum Gasteiger partial charge on any atom is -0.427 e. The highest BCUT2D eigenvalue weighted by atomic mass is 127. The predicted octanol–water partition coefficient (Wildman–Crippen LogP) is 3.51. The van der Waals surface area contributed by atoms with Crippen LogP contribution in [-0.4, -0.2) is 5.97 Å². The highest BCUT2D eigenvalue weighted by Gasteiger charge is 2.06. The van der Waals surface area contributed by atoms with E-state index >= 15 is 0 Å². The molecule has 0 spiro atoms. The fourth-order valence-electron chi connectivity index (χ4n) is 1.21. The summed E-state index contributed by atoms with van der Waals surface area (Å²) in [5, 5.41) is 0. The van der Waals surface area contributed by atoms with Gasteiger partial charge in [0, 0.05) is 10.5 Å². The van der Waals surface area contributed by atoms with Crippen molar-refractivity contribution in [3.8, 4) is 5.75 Å². The second kappa shape index (κ2) is 5.30. The van der Waals surface area contributed by atoms with Crippen LogP contribution in [0.5, 0.6) is 5.75 Å². The van der Waals surface area contributed by atoms with Gasteiger partial charge in [-0.05, 0) is 52.3 Å². The van der Waals surface area contributed by atoms with Crippen molar-refractivity contribution in [1.82, 2.24) is 0 Å². The summed E-state index contributed by atoms with van der Waals surface area (Å²) in [6.45, 7) is 7.20. The second-order valence-electron chi connectivity index (χ2n) is 3.34. The van der Waals surface area contributed by atoms with Crippen molar-refractivity contribution in [1.29, 1.82) is 0 Å². The Labute approximate surface area is 103 Å². The van der Waals surface area contributed by atoms with Crippen molar-refractivity contribution in [2.45, 2.75) is 19.8 Å². The molecule has 0 amide bonds. The minimum absolute atomic E-state index is 0.258. The highest BCUT2D eigenvalue weighted by molar-refractivity contribution is 14.1. The van der Waals surface area contributed by atoms with Gasteiger partial charge in [-0.2, -0.15) is 0 Å². The van der Waals surface area contributed by atoms with Crippen LogP contribution in [0, 0.1) is 3.57 Å². The molecule has 0 fully saturated rings. The SMILES string of the molecule is C=CC(C)c1cc(I)cc(OC(C)=O)c1. The second-order valence-corrected chi connectivity index (χ2v) is 4.58. The average Bonchev–Trinajstić information content (AvgIpc) is 2.14. The van der Waals surface area contributed by atoms with E-state index in [4.69, 9.17) is 4.74 Å². The number of allylic oxidation sites excluding steroid dienone is 1. The van der Waals surface area contributed by atoms with Gasteiger partial charge in [0.25, 0.3) is 0 Å². The summed E-state index contributed by atoms with van der Waals surface area (Å²) in [6, 6.07) is 5.76. The lowest BCUT2D eigenvalue weighted by molar-refractivity contribution is -0.131. The molecule has 1 aromatic carbocycles. The number of carbonyl (C=O) groups is 1. The highest BCUT2D eigenvalue weighted by Crippen LogP contribution is 2.24. The summed E-state index contributed by atoms with van der Waals surface area (Å²) in [7, 11) is 0. The number of hydrogen-bond acceptors (Lipinski definition) is 2. The van der Waals surface area contributed by atoms with Crippen LogP contribution >= 0.6 is 22.6 Å². The molecular weight excluding hydrogens is 303 g/mol. The first kappa shape index (κ1) is 12.2. The number of rotatable bonds is 3. The van der Waals surface area contributed by atoms with Crippen LogP contribution in [0.2, 0.25) is 0 Å². The third-order valence-corrected chi connectivity index (χ3v) is 2.66. The van der Waals surface area contributed by atoms with E-state index in [-0.39, 0.29) is 11.9 Å². The zero-order valence-electron chi connectivity index (χ0n) is 8.79. The van der Waals surface area contributed by atoms with E-state index < -0.39 is 0 Å². The van der Waals surface area contributed by atoms with Crippen molar-refractivity contribution >= 4 is 28.6 Å². The maximum atomic E-state index is 10.8. The molecule has 0 saturated heterocycles. The van der Waals surface area contributed by atoms with Gasteiger partial charge < -0.3 is 4.74 Å². The molecule has 15 heavy (non-hydrogen) atoms. The summed E-state index contributed by atoms with van der Waals surface area (Å²) in [5.41, 5.74) is 1.10. The van der Waals surface area contributed by atoms with Crippen LogP contribution in [-0.2, 0) is 4.79 Å². The Hall–Kier alpha value is -0.840. The fourth-order valence-corrected chi connectivity index (χ4v) is 1.87. The molecule has 0 aliphatic rings. The zero-order chi connectivity index (χ0) is 11.4. The quantitative estimate of drug-likeness (QED) is 0.369. The van der Waals surface area contributed by atoms with Crippen molar-refractivity contribution in [2.24, 2.45) is 0 Å². The molecular formula is C12H13IO2. The number of hydrogen-bond donors (Lipinski definition) is 0. The standard InChI is InChI=1S/C12H13IO2/c1-4-8(2)10-5-11(13)7-12(6-10)15-9(3)14/h4-8H,1H2,2-3H3. The maximum absolute atomic E-state index is 10.8. The smallest absolute Gasteiger partial charge is 0.308 e. The van der Waals surface area contributed by atoms with Gasteiger partial charge in [-0.15, -0.1) is 6.58 Å². The van der Waals surface area contributed by atoms with Gasteiger partial charge in [0.1, 0.15) is 5.75 Å². The Morgan fingerprint density at radius 1 is 1.53 bits per heavy atom. The molecule has 0 saturated carbocycles. The summed E-state index contributed by atoms with van der Waals surface area (Å²) >= 11 is 2.20. The molecule has 80 valence electrons. The Balaban J connectivity index is 3.04. The Bertz CT molecular complexity index is 385. The monoisotopic (exact) mass is 316 g/mol. The van der Waals surface area contributed by atoms with Gasteiger partial charge in [-0.1, -0.05) is 13.0 Å². The molecule has 1 rings (SSSR count). The maximum Gasteiger partial charge on any atom is 0.308 e. The van der Waals surface area contributed by atoms with Gasteiger partial charge in [-0.25, -0.2) is 0 Å². The average molecular weight is 316 g/mol. The van der Waals surface area contributed by atoms with E-state index in [9.17, 15) is 4.79 Å². The molecule has 3 heteroatoms. The molecule has 2 nitrogen and oxygen atoms in total. The fraction of sp³-hybridized carbons (Fsp3) is 0.250. The number of esters is 1. The van der Waals surface area contributed by atoms with Crippen molar-refractivity contribution in [3.63, 3.8) is 0 Å². The molecule has 0 aromatic heterocycles. The lowest BCUT2D eigenvalue weighted by Crippen LogP contribution is -2.02. The molecule has 0 radical (unpaired) electrons. The van der Waals surface area contributed by atoms with E-state index in [0.717, 1.165) is 9.13 Å². The normalized spacial score (nSPS) is 11.9. The first-order chi connectivity index (χ1) is 7.02. The van der Waals surface area contributed by atoms with Crippen molar-refractivity contribution < 1.29 is 9.53 Å². The summed E-state index contributed by atoms with van der Waals surface area (Å²) < 4.78 is 6.10. The van der Waals surface area contributed by atoms with Crippen LogP contribution in [0.4, 0.5) is 0 Å². The molecule has 0 bridgehead atoms. The van der Waals surface area contributed by atoms with Crippen molar-refractivity contribution in [2.75, 3.05) is 0 Å². The topological polar surface area (TPSA) is 26.3 Å². The van der Waals surface area contributed by atoms with E-state index in [2.05, 4.69) is 42.2 Å². The Morgan fingerprint density at radius 3 is 2.73 bits per heavy atom. The Morgan fingerprint density at radius 2 is 2.20 bits per heavy atom. The van der Waals surface area contributed by atoms with E-state index in [0.29, 0.717) is 5.75 Å². The number of carbonyl (C=O) groups excluding carboxylic acids is 1. The molecule has 1 unspecified atom stereocenters. The molecule has 0 heterocycles. The molecule has 0 N–H and O–H groups in total. The van der Waals surface area contributed by atoms with E-state index in [1.807, 2.05) is 18.2 Å². The molecule has 0 aliphatic carbocycles. The molecule has 1 aromatic rings. The van der Waals surface area contributed by atoms with Crippen LogP contribution in [0.25, 0.3) is 0 Å². The molecule has 1 atom stereocenters. The lowest BCUT2D eigenvalue weighted by atomic mass is 10.0. The van der Waals surface area contributed by atoms with Crippen LogP contribution in [0.1, 0.15) is 25.3 Å². The number of halogens is 1. The Kier molecular flexibility index (Phi) is 4.32. The van der Waals surface area contributed by atoms with Gasteiger partial charge >= 0.3 is 5.97 Å². The minimum atomic E-state index is -0.297. The van der Waals surface area contributed by atoms with Gasteiger partial charge in [0.05, 0.1) is 0 Å². The first-order valence-corrected chi connectivity index (χ1v) is 5.72.